The molecule has 1 unspecified atom stereocenters. The highest BCUT2D eigenvalue weighted by molar-refractivity contribution is 7.80. The number of thiocarbonyl (C=S) groups is 1. The zero-order valence-corrected chi connectivity index (χ0v) is 12.2. The van der Waals surface area contributed by atoms with Crippen molar-refractivity contribution in [2.75, 3.05) is 5.32 Å². The first-order chi connectivity index (χ1) is 9.49. The molecule has 0 fully saturated rings. The summed E-state index contributed by atoms with van der Waals surface area (Å²) in [4.78, 5) is 4.65. The number of hydrogen-bond donors (Lipinski definition) is 2. The third-order valence-electron chi connectivity index (χ3n) is 3.02. The lowest BCUT2D eigenvalue weighted by Crippen LogP contribution is -2.17. The van der Waals surface area contributed by atoms with Crippen LogP contribution in [0, 0.1) is 12.7 Å². The number of hydrogen-bond acceptors (Lipinski definition) is 3. The van der Waals surface area contributed by atoms with E-state index in [0.717, 1.165) is 5.69 Å². The van der Waals surface area contributed by atoms with Crippen LogP contribution in [0.25, 0.3) is 0 Å². The van der Waals surface area contributed by atoms with E-state index in [1.807, 2.05) is 26.0 Å². The minimum atomic E-state index is -0.253. The van der Waals surface area contributed by atoms with E-state index in [2.05, 4.69) is 10.3 Å². The van der Waals surface area contributed by atoms with Gasteiger partial charge in [-0.05, 0) is 32.0 Å². The second-order valence-electron chi connectivity index (χ2n) is 4.60. The van der Waals surface area contributed by atoms with Gasteiger partial charge in [0, 0.05) is 11.3 Å². The molecule has 1 aromatic heterocycles. The highest BCUT2D eigenvalue weighted by Crippen LogP contribution is 2.23. The van der Waals surface area contributed by atoms with Gasteiger partial charge in [0.1, 0.15) is 16.6 Å². The van der Waals surface area contributed by atoms with Crippen LogP contribution < -0.4 is 11.1 Å². The molecule has 2 aromatic rings. The number of benzene rings is 1. The molecule has 3 N–H and O–H groups in total. The number of pyridine rings is 1. The fourth-order valence-electron chi connectivity index (χ4n) is 1.97. The summed E-state index contributed by atoms with van der Waals surface area (Å²) in [5, 5.41) is 3.17. The van der Waals surface area contributed by atoms with Gasteiger partial charge in [-0.15, -0.1) is 0 Å². The van der Waals surface area contributed by atoms with E-state index in [-0.39, 0.29) is 16.8 Å². The fourth-order valence-corrected chi connectivity index (χ4v) is 2.14. The largest absolute Gasteiger partial charge is 0.389 e. The summed E-state index contributed by atoms with van der Waals surface area (Å²) in [7, 11) is 0. The Kier molecular flexibility index (Phi) is 4.29. The molecule has 0 saturated heterocycles. The number of nitrogens with two attached hydrogens (primary N) is 1. The van der Waals surface area contributed by atoms with E-state index in [0.29, 0.717) is 16.9 Å². The first-order valence-corrected chi connectivity index (χ1v) is 6.68. The lowest BCUT2D eigenvalue weighted by molar-refractivity contribution is 0.600. The lowest BCUT2D eigenvalue weighted by atomic mass is 10.1. The molecule has 2 rings (SSSR count). The molecule has 1 atom stereocenters. The highest BCUT2D eigenvalue weighted by atomic mass is 32.1. The normalized spacial score (nSPS) is 11.9. The van der Waals surface area contributed by atoms with Crippen LogP contribution in [0.2, 0.25) is 0 Å². The van der Waals surface area contributed by atoms with Crippen LogP contribution in [0.15, 0.2) is 36.4 Å². The number of anilines is 1. The maximum Gasteiger partial charge on any atom is 0.136 e. The Morgan fingerprint density at radius 3 is 2.65 bits per heavy atom. The molecular weight excluding hydrogens is 273 g/mol. The number of aromatic nitrogens is 1. The van der Waals surface area contributed by atoms with E-state index >= 15 is 0 Å². The molecule has 0 spiro atoms. The average molecular weight is 289 g/mol. The minimum Gasteiger partial charge on any atom is -0.389 e. The van der Waals surface area contributed by atoms with Crippen molar-refractivity contribution < 1.29 is 4.39 Å². The van der Waals surface area contributed by atoms with E-state index in [4.69, 9.17) is 18.0 Å². The molecule has 5 heteroatoms. The molecule has 0 aliphatic rings. The van der Waals surface area contributed by atoms with Crippen molar-refractivity contribution in [1.82, 2.24) is 4.98 Å². The molecule has 0 radical (unpaired) electrons. The average Bonchev–Trinajstić information content (AvgIpc) is 2.38. The third kappa shape index (κ3) is 3.11. The van der Waals surface area contributed by atoms with E-state index < -0.39 is 0 Å². The number of rotatable bonds is 4. The van der Waals surface area contributed by atoms with Crippen LogP contribution in [-0.4, -0.2) is 9.97 Å². The Balaban J connectivity index is 2.32. The van der Waals surface area contributed by atoms with Crippen molar-refractivity contribution in [3.05, 3.63) is 59.0 Å². The molecule has 0 bridgehead atoms. The first-order valence-electron chi connectivity index (χ1n) is 6.27. The van der Waals surface area contributed by atoms with Gasteiger partial charge in [0.2, 0.25) is 0 Å². The van der Waals surface area contributed by atoms with E-state index in [1.165, 1.54) is 6.07 Å². The standard InChI is InChI=1S/C15H16FN3S/c1-9-7-8-12(14(17)20)15(18-9)19-10(2)11-5-3-4-6-13(11)16/h3-8,10H,1-2H3,(H2,17,20)(H,18,19). The van der Waals surface area contributed by atoms with Gasteiger partial charge in [0.25, 0.3) is 0 Å². The molecule has 3 nitrogen and oxygen atoms in total. The summed E-state index contributed by atoms with van der Waals surface area (Å²) in [6.45, 7) is 3.74. The molecule has 104 valence electrons. The topological polar surface area (TPSA) is 50.9 Å². The Labute approximate surface area is 123 Å². The molecule has 0 aliphatic carbocycles. The first kappa shape index (κ1) is 14.4. The maximum atomic E-state index is 13.8. The zero-order chi connectivity index (χ0) is 14.7. The quantitative estimate of drug-likeness (QED) is 0.848. The van der Waals surface area contributed by atoms with Crippen molar-refractivity contribution in [2.45, 2.75) is 19.9 Å². The van der Waals surface area contributed by atoms with Gasteiger partial charge in [0.05, 0.1) is 11.6 Å². The summed E-state index contributed by atoms with van der Waals surface area (Å²) in [6.07, 6.45) is 0. The van der Waals surface area contributed by atoms with Crippen LogP contribution in [0.4, 0.5) is 10.2 Å². The predicted molar refractivity (Wildman–Crippen MR) is 83.3 cm³/mol. The summed E-state index contributed by atoms with van der Waals surface area (Å²) >= 11 is 5.01. The van der Waals surface area contributed by atoms with Crippen molar-refractivity contribution in [1.29, 1.82) is 0 Å². The summed E-state index contributed by atoms with van der Waals surface area (Å²) < 4.78 is 13.8. The Morgan fingerprint density at radius 1 is 1.30 bits per heavy atom. The smallest absolute Gasteiger partial charge is 0.136 e. The van der Waals surface area contributed by atoms with Crippen LogP contribution in [0.1, 0.15) is 29.8 Å². The highest BCUT2D eigenvalue weighted by Gasteiger charge is 2.14. The molecular formula is C15H16FN3S. The van der Waals surface area contributed by atoms with E-state index in [1.54, 1.807) is 18.2 Å². The van der Waals surface area contributed by atoms with Gasteiger partial charge in [-0.2, -0.15) is 0 Å². The summed E-state index contributed by atoms with van der Waals surface area (Å²) in [5.74, 6) is 0.324. The van der Waals surface area contributed by atoms with Gasteiger partial charge in [-0.3, -0.25) is 0 Å². The Morgan fingerprint density at radius 2 is 2.00 bits per heavy atom. The molecule has 0 amide bonds. The molecule has 1 heterocycles. The van der Waals surface area contributed by atoms with Crippen molar-refractivity contribution >= 4 is 23.0 Å². The number of halogens is 1. The minimum absolute atomic E-state index is 0.237. The number of aryl methyl sites for hydroxylation is 1. The van der Waals surface area contributed by atoms with Gasteiger partial charge < -0.3 is 11.1 Å². The SMILES string of the molecule is Cc1ccc(C(N)=S)c(NC(C)c2ccccc2F)n1. The molecule has 20 heavy (non-hydrogen) atoms. The van der Waals surface area contributed by atoms with Crippen LogP contribution >= 0.6 is 12.2 Å². The molecule has 0 aliphatic heterocycles. The van der Waals surface area contributed by atoms with Crippen LogP contribution in [0.3, 0.4) is 0 Å². The van der Waals surface area contributed by atoms with Crippen molar-refractivity contribution in [3.8, 4) is 0 Å². The predicted octanol–water partition coefficient (Wildman–Crippen LogP) is 3.34. The van der Waals surface area contributed by atoms with E-state index in [9.17, 15) is 4.39 Å². The lowest BCUT2D eigenvalue weighted by Gasteiger charge is -2.18. The third-order valence-corrected chi connectivity index (χ3v) is 3.24. The van der Waals surface area contributed by atoms with Gasteiger partial charge >= 0.3 is 0 Å². The Bertz CT molecular complexity index is 643. The molecule has 1 aromatic carbocycles. The van der Waals surface area contributed by atoms with Gasteiger partial charge in [-0.1, -0.05) is 30.4 Å². The van der Waals surface area contributed by atoms with Gasteiger partial charge in [-0.25, -0.2) is 9.37 Å². The zero-order valence-electron chi connectivity index (χ0n) is 11.4. The Hall–Kier alpha value is -2.01. The van der Waals surface area contributed by atoms with Crippen LogP contribution in [-0.2, 0) is 0 Å². The maximum absolute atomic E-state index is 13.8. The monoisotopic (exact) mass is 289 g/mol. The molecule has 0 saturated carbocycles. The number of nitrogens with one attached hydrogen (secondary N) is 1. The second kappa shape index (κ2) is 5.96. The summed E-state index contributed by atoms with van der Waals surface area (Å²) in [5.41, 5.74) is 7.76. The fraction of sp³-hybridized carbons (Fsp3) is 0.200. The van der Waals surface area contributed by atoms with Gasteiger partial charge in [0.15, 0.2) is 0 Å². The second-order valence-corrected chi connectivity index (χ2v) is 5.04. The van der Waals surface area contributed by atoms with Crippen molar-refractivity contribution in [2.24, 2.45) is 5.73 Å². The summed E-state index contributed by atoms with van der Waals surface area (Å²) in [6, 6.07) is 10.1. The number of nitrogens with zero attached hydrogens (tertiary/aromatic N) is 1. The van der Waals surface area contributed by atoms with Crippen molar-refractivity contribution in [3.63, 3.8) is 0 Å². The van der Waals surface area contributed by atoms with Crippen LogP contribution in [0.5, 0.6) is 0 Å².